The van der Waals surface area contributed by atoms with Crippen LogP contribution < -0.4 is 4.90 Å². The summed E-state index contributed by atoms with van der Waals surface area (Å²) in [5.41, 5.74) is 1.00. The van der Waals surface area contributed by atoms with Crippen molar-refractivity contribution in [3.63, 3.8) is 0 Å². The fourth-order valence-corrected chi connectivity index (χ4v) is 2.36. The average molecular weight is 254 g/mol. The summed E-state index contributed by atoms with van der Waals surface area (Å²) in [7, 11) is 0. The molecule has 4 heteroatoms. The maximum absolute atomic E-state index is 6.20. The summed E-state index contributed by atoms with van der Waals surface area (Å²) in [5.74, 6) is 2.92. The fourth-order valence-electron chi connectivity index (χ4n) is 2.19. The van der Waals surface area contributed by atoms with Gasteiger partial charge >= 0.3 is 0 Å². The predicted octanol–water partition coefficient (Wildman–Crippen LogP) is 3.41. The first-order chi connectivity index (χ1) is 7.99. The lowest BCUT2D eigenvalue weighted by atomic mass is 10.2. The Morgan fingerprint density at radius 2 is 2.06 bits per heavy atom. The van der Waals surface area contributed by atoms with Crippen molar-refractivity contribution in [1.82, 2.24) is 9.97 Å². The molecule has 1 aromatic heterocycles. The van der Waals surface area contributed by atoms with Crippen LogP contribution in [0.15, 0.2) is 0 Å². The van der Waals surface area contributed by atoms with E-state index in [2.05, 4.69) is 35.6 Å². The Balaban J connectivity index is 2.38. The van der Waals surface area contributed by atoms with Crippen LogP contribution in [0.25, 0.3) is 0 Å². The van der Waals surface area contributed by atoms with Crippen LogP contribution in [-0.4, -0.2) is 23.1 Å². The van der Waals surface area contributed by atoms with E-state index < -0.39 is 0 Å². The number of hydrogen-bond acceptors (Lipinski definition) is 3. The van der Waals surface area contributed by atoms with Crippen molar-refractivity contribution in [2.75, 3.05) is 18.0 Å². The van der Waals surface area contributed by atoms with E-state index in [1.54, 1.807) is 0 Å². The monoisotopic (exact) mass is 253 g/mol. The Hall–Kier alpha value is -0.830. The quantitative estimate of drug-likeness (QED) is 0.757. The van der Waals surface area contributed by atoms with E-state index in [0.29, 0.717) is 11.1 Å². The SMILES string of the molecule is Cc1c(Cl)nc(C(C)C)nc1N1CCC(C)C1. The lowest BCUT2D eigenvalue weighted by Crippen LogP contribution is -2.22. The molecule has 0 aliphatic carbocycles. The molecule has 2 rings (SSSR count). The Morgan fingerprint density at radius 1 is 1.35 bits per heavy atom. The molecule has 17 heavy (non-hydrogen) atoms. The molecule has 3 nitrogen and oxygen atoms in total. The van der Waals surface area contributed by atoms with E-state index in [1.165, 1.54) is 6.42 Å². The van der Waals surface area contributed by atoms with Gasteiger partial charge < -0.3 is 4.90 Å². The minimum atomic E-state index is 0.312. The molecule has 0 amide bonds. The van der Waals surface area contributed by atoms with Crippen LogP contribution in [0.2, 0.25) is 5.15 Å². The number of anilines is 1. The number of halogens is 1. The highest BCUT2D eigenvalue weighted by Crippen LogP contribution is 2.29. The first-order valence-corrected chi connectivity index (χ1v) is 6.65. The molecule has 0 saturated carbocycles. The lowest BCUT2D eigenvalue weighted by molar-refractivity contribution is 0.658. The maximum atomic E-state index is 6.20. The van der Waals surface area contributed by atoms with Crippen molar-refractivity contribution in [1.29, 1.82) is 0 Å². The number of hydrogen-bond donors (Lipinski definition) is 0. The fraction of sp³-hybridized carbons (Fsp3) is 0.692. The first-order valence-electron chi connectivity index (χ1n) is 6.28. The van der Waals surface area contributed by atoms with Crippen LogP contribution in [0, 0.1) is 12.8 Å². The normalized spacial score (nSPS) is 20.4. The van der Waals surface area contributed by atoms with E-state index >= 15 is 0 Å². The highest BCUT2D eigenvalue weighted by Gasteiger charge is 2.23. The molecular weight excluding hydrogens is 234 g/mol. The van der Waals surface area contributed by atoms with Crippen LogP contribution in [0.4, 0.5) is 5.82 Å². The van der Waals surface area contributed by atoms with Gasteiger partial charge in [-0.2, -0.15) is 0 Å². The number of rotatable bonds is 2. The molecule has 0 radical (unpaired) electrons. The summed E-state index contributed by atoms with van der Waals surface area (Å²) in [6, 6.07) is 0. The van der Waals surface area contributed by atoms with Gasteiger partial charge in [-0.25, -0.2) is 9.97 Å². The zero-order valence-corrected chi connectivity index (χ0v) is 11.8. The van der Waals surface area contributed by atoms with Crippen molar-refractivity contribution in [3.05, 3.63) is 16.5 Å². The Labute approximate surface area is 108 Å². The van der Waals surface area contributed by atoms with Gasteiger partial charge in [0.2, 0.25) is 0 Å². The standard InChI is InChI=1S/C13H20ClN3/c1-8(2)12-15-11(14)10(4)13(16-12)17-6-5-9(3)7-17/h8-9H,5-7H2,1-4H3. The molecule has 0 spiro atoms. The highest BCUT2D eigenvalue weighted by atomic mass is 35.5. The van der Waals surface area contributed by atoms with Gasteiger partial charge in [0.25, 0.3) is 0 Å². The molecule has 1 unspecified atom stereocenters. The zero-order chi connectivity index (χ0) is 12.6. The van der Waals surface area contributed by atoms with Crippen molar-refractivity contribution < 1.29 is 0 Å². The molecule has 0 bridgehead atoms. The minimum absolute atomic E-state index is 0.312. The molecule has 1 fully saturated rings. The van der Waals surface area contributed by atoms with E-state index in [-0.39, 0.29) is 0 Å². The summed E-state index contributed by atoms with van der Waals surface area (Å²) in [5, 5.41) is 0.596. The van der Waals surface area contributed by atoms with Crippen molar-refractivity contribution in [2.24, 2.45) is 5.92 Å². The summed E-state index contributed by atoms with van der Waals surface area (Å²) in [6.45, 7) is 10.6. The molecule has 1 aliphatic rings. The van der Waals surface area contributed by atoms with Gasteiger partial charge in [0.05, 0.1) is 0 Å². The van der Waals surface area contributed by atoms with Gasteiger partial charge in [-0.3, -0.25) is 0 Å². The zero-order valence-electron chi connectivity index (χ0n) is 11.0. The van der Waals surface area contributed by atoms with Crippen LogP contribution in [-0.2, 0) is 0 Å². The van der Waals surface area contributed by atoms with Gasteiger partial charge in [0.15, 0.2) is 0 Å². The molecule has 2 heterocycles. The van der Waals surface area contributed by atoms with Gasteiger partial charge in [0, 0.05) is 24.6 Å². The van der Waals surface area contributed by atoms with Gasteiger partial charge in [0.1, 0.15) is 16.8 Å². The topological polar surface area (TPSA) is 29.0 Å². The van der Waals surface area contributed by atoms with E-state index in [1.807, 2.05) is 6.92 Å². The smallest absolute Gasteiger partial charge is 0.137 e. The number of aromatic nitrogens is 2. The van der Waals surface area contributed by atoms with Gasteiger partial charge in [-0.1, -0.05) is 32.4 Å². The van der Waals surface area contributed by atoms with Gasteiger partial charge in [-0.15, -0.1) is 0 Å². The molecule has 94 valence electrons. The molecule has 1 saturated heterocycles. The Morgan fingerprint density at radius 3 is 2.59 bits per heavy atom. The molecular formula is C13H20ClN3. The highest BCUT2D eigenvalue weighted by molar-refractivity contribution is 6.30. The van der Waals surface area contributed by atoms with E-state index in [0.717, 1.165) is 36.2 Å². The molecule has 1 aromatic rings. The molecule has 0 N–H and O–H groups in total. The third-order valence-corrected chi connectivity index (χ3v) is 3.69. The van der Waals surface area contributed by atoms with Gasteiger partial charge in [-0.05, 0) is 19.3 Å². The van der Waals surface area contributed by atoms with Crippen LogP contribution in [0.5, 0.6) is 0 Å². The second kappa shape index (κ2) is 4.81. The van der Waals surface area contributed by atoms with Crippen molar-refractivity contribution in [2.45, 2.75) is 40.0 Å². The summed E-state index contributed by atoms with van der Waals surface area (Å²) >= 11 is 6.20. The molecule has 1 atom stereocenters. The largest absolute Gasteiger partial charge is 0.356 e. The third-order valence-electron chi connectivity index (χ3n) is 3.32. The third kappa shape index (κ3) is 2.54. The lowest BCUT2D eigenvalue weighted by Gasteiger charge is -2.21. The summed E-state index contributed by atoms with van der Waals surface area (Å²) in [6.07, 6.45) is 1.23. The van der Waals surface area contributed by atoms with E-state index in [4.69, 9.17) is 11.6 Å². The van der Waals surface area contributed by atoms with Crippen molar-refractivity contribution in [3.8, 4) is 0 Å². The predicted molar refractivity (Wildman–Crippen MR) is 71.9 cm³/mol. The minimum Gasteiger partial charge on any atom is -0.356 e. The maximum Gasteiger partial charge on any atom is 0.137 e. The second-order valence-corrected chi connectivity index (χ2v) is 5.67. The summed E-state index contributed by atoms with van der Waals surface area (Å²) in [4.78, 5) is 11.4. The molecule has 0 aromatic carbocycles. The van der Waals surface area contributed by atoms with E-state index in [9.17, 15) is 0 Å². The van der Waals surface area contributed by atoms with Crippen molar-refractivity contribution >= 4 is 17.4 Å². The molecule has 1 aliphatic heterocycles. The summed E-state index contributed by atoms with van der Waals surface area (Å²) < 4.78 is 0. The van der Waals surface area contributed by atoms with Crippen LogP contribution in [0.3, 0.4) is 0 Å². The average Bonchev–Trinajstić information content (AvgIpc) is 2.68. The number of nitrogens with zero attached hydrogens (tertiary/aromatic N) is 3. The Kier molecular flexibility index (Phi) is 3.57. The first kappa shape index (κ1) is 12.6. The second-order valence-electron chi connectivity index (χ2n) is 5.32. The van der Waals surface area contributed by atoms with Crippen LogP contribution >= 0.6 is 11.6 Å². The van der Waals surface area contributed by atoms with Crippen LogP contribution in [0.1, 0.15) is 44.5 Å². The Bertz CT molecular complexity index is 417.